The second kappa shape index (κ2) is 35.4. The first-order valence-corrected chi connectivity index (χ1v) is 19.1. The summed E-state index contributed by atoms with van der Waals surface area (Å²) in [6.45, 7) is 4.15. The summed E-state index contributed by atoms with van der Waals surface area (Å²) in [6, 6.07) is 0. The molecule has 5 heteroatoms. The quantitative estimate of drug-likeness (QED) is 0.0571. The van der Waals surface area contributed by atoms with Crippen molar-refractivity contribution >= 4 is 11.9 Å². The summed E-state index contributed by atoms with van der Waals surface area (Å²) in [5.41, 5.74) is 0. The van der Waals surface area contributed by atoms with Crippen LogP contribution in [-0.4, -0.2) is 36.4 Å². The fourth-order valence-corrected chi connectivity index (χ4v) is 5.73. The maximum absolute atomic E-state index is 12.1. The Balaban J connectivity index is 3.49. The van der Waals surface area contributed by atoms with Crippen molar-refractivity contribution in [1.29, 1.82) is 0 Å². The molecule has 0 saturated carbocycles. The molecule has 0 aliphatic heterocycles. The minimum absolute atomic E-state index is 0.0571. The molecule has 0 bridgehead atoms. The van der Waals surface area contributed by atoms with Crippen molar-refractivity contribution in [3.63, 3.8) is 0 Å². The molecule has 0 fully saturated rings. The van der Waals surface area contributed by atoms with Crippen LogP contribution >= 0.6 is 0 Å². The molecular formula is C38H74O5. The number of rotatable bonds is 35. The summed E-state index contributed by atoms with van der Waals surface area (Å²) in [6.07, 6.45) is 37.3. The number of aliphatic hydroxyl groups is 1. The Morgan fingerprint density at radius 3 is 1.02 bits per heavy atom. The Hall–Kier alpha value is -1.10. The maximum atomic E-state index is 12.1. The molecule has 1 N–H and O–H groups in total. The van der Waals surface area contributed by atoms with Crippen LogP contribution in [0.2, 0.25) is 0 Å². The lowest BCUT2D eigenvalue weighted by molar-refractivity contribution is -0.161. The van der Waals surface area contributed by atoms with E-state index in [1.807, 2.05) is 0 Å². The molecule has 43 heavy (non-hydrogen) atoms. The molecule has 0 rings (SSSR count). The van der Waals surface area contributed by atoms with E-state index >= 15 is 0 Å². The van der Waals surface area contributed by atoms with Gasteiger partial charge in [-0.15, -0.1) is 0 Å². The van der Waals surface area contributed by atoms with Crippen molar-refractivity contribution in [2.75, 3.05) is 13.2 Å². The van der Waals surface area contributed by atoms with Gasteiger partial charge in [0.25, 0.3) is 0 Å². The zero-order valence-electron chi connectivity index (χ0n) is 29.0. The van der Waals surface area contributed by atoms with Crippen molar-refractivity contribution in [3.8, 4) is 0 Å². The van der Waals surface area contributed by atoms with E-state index in [4.69, 9.17) is 9.47 Å². The third-order valence-corrected chi connectivity index (χ3v) is 8.65. The van der Waals surface area contributed by atoms with Gasteiger partial charge in [-0.1, -0.05) is 187 Å². The van der Waals surface area contributed by atoms with Gasteiger partial charge in [-0.25, -0.2) is 0 Å². The normalized spacial score (nSPS) is 12.0. The molecule has 0 heterocycles. The molecule has 0 aliphatic rings. The van der Waals surface area contributed by atoms with E-state index in [0.29, 0.717) is 12.8 Å². The second-order valence-corrected chi connectivity index (χ2v) is 13.0. The van der Waals surface area contributed by atoms with Crippen LogP contribution in [-0.2, 0) is 19.1 Å². The van der Waals surface area contributed by atoms with Crippen LogP contribution in [0.5, 0.6) is 0 Å². The fraction of sp³-hybridized carbons (Fsp3) is 0.947. The highest BCUT2D eigenvalue weighted by Gasteiger charge is 2.16. The van der Waals surface area contributed by atoms with E-state index in [-0.39, 0.29) is 25.2 Å². The highest BCUT2D eigenvalue weighted by molar-refractivity contribution is 5.70. The molecule has 0 spiro atoms. The van der Waals surface area contributed by atoms with Crippen LogP contribution < -0.4 is 0 Å². The first kappa shape index (κ1) is 41.9. The summed E-state index contributed by atoms with van der Waals surface area (Å²) in [4.78, 5) is 24.2. The van der Waals surface area contributed by atoms with Crippen LogP contribution in [0, 0.1) is 0 Å². The summed E-state index contributed by atoms with van der Waals surface area (Å²) in [5, 5.41) is 9.52. The number of aliphatic hydroxyl groups excluding tert-OH is 1. The van der Waals surface area contributed by atoms with E-state index in [2.05, 4.69) is 13.8 Å². The predicted molar refractivity (Wildman–Crippen MR) is 182 cm³/mol. The number of unbranched alkanes of at least 4 members (excludes halogenated alkanes) is 27. The van der Waals surface area contributed by atoms with Crippen LogP contribution in [0.3, 0.4) is 0 Å². The molecule has 0 aliphatic carbocycles. The summed E-state index contributed by atoms with van der Waals surface area (Å²) in [5.74, 6) is -0.577. The van der Waals surface area contributed by atoms with Gasteiger partial charge < -0.3 is 14.6 Å². The molecule has 0 unspecified atom stereocenters. The minimum atomic E-state index is -0.760. The molecule has 1 atom stereocenters. The number of ether oxygens (including phenoxy) is 2. The number of hydrogen-bond donors (Lipinski definition) is 1. The third-order valence-electron chi connectivity index (χ3n) is 8.65. The van der Waals surface area contributed by atoms with Crippen molar-refractivity contribution in [2.24, 2.45) is 0 Å². The average molecular weight is 611 g/mol. The number of carbonyl (C=O) groups is 2. The van der Waals surface area contributed by atoms with Crippen molar-refractivity contribution in [3.05, 3.63) is 0 Å². The van der Waals surface area contributed by atoms with Gasteiger partial charge in [0, 0.05) is 12.8 Å². The Labute approximate surface area is 268 Å². The van der Waals surface area contributed by atoms with Gasteiger partial charge in [0.05, 0.1) is 6.61 Å². The van der Waals surface area contributed by atoms with Gasteiger partial charge in [0.2, 0.25) is 0 Å². The van der Waals surface area contributed by atoms with E-state index < -0.39 is 6.10 Å². The molecule has 256 valence electrons. The molecule has 0 radical (unpaired) electrons. The first-order chi connectivity index (χ1) is 21.1. The van der Waals surface area contributed by atoms with Gasteiger partial charge in [0.15, 0.2) is 6.10 Å². The summed E-state index contributed by atoms with van der Waals surface area (Å²) >= 11 is 0. The zero-order chi connectivity index (χ0) is 31.5. The monoisotopic (exact) mass is 611 g/mol. The largest absolute Gasteiger partial charge is 0.462 e. The molecule has 5 nitrogen and oxygen atoms in total. The number of esters is 2. The van der Waals surface area contributed by atoms with Crippen LogP contribution in [0.1, 0.15) is 213 Å². The van der Waals surface area contributed by atoms with Gasteiger partial charge in [-0.3, -0.25) is 9.59 Å². The van der Waals surface area contributed by atoms with E-state index in [0.717, 1.165) is 32.1 Å². The van der Waals surface area contributed by atoms with Crippen LogP contribution in [0.4, 0.5) is 0 Å². The van der Waals surface area contributed by atoms with Gasteiger partial charge in [0.1, 0.15) is 6.61 Å². The first-order valence-electron chi connectivity index (χ1n) is 19.1. The zero-order valence-corrected chi connectivity index (χ0v) is 29.0. The molecular weight excluding hydrogens is 536 g/mol. The molecule has 0 aromatic heterocycles. The van der Waals surface area contributed by atoms with Crippen molar-refractivity contribution < 1.29 is 24.2 Å². The standard InChI is InChI=1S/C38H74O5/c1-3-5-7-9-11-13-15-17-18-19-20-21-23-24-26-28-30-32-37(40)42-35-36(34-39)43-38(41)33-31-29-27-25-22-16-14-12-10-8-6-4-2/h36,39H,3-35H2,1-2H3/t36-/m0/s1. The Bertz CT molecular complexity index is 579. The highest BCUT2D eigenvalue weighted by Crippen LogP contribution is 2.15. The molecule has 0 amide bonds. The lowest BCUT2D eigenvalue weighted by Crippen LogP contribution is -2.28. The SMILES string of the molecule is CCCCCCCCCCCCCCCCCCCC(=O)OC[C@H](CO)OC(=O)CCCCCCCCCCCCCC. The average Bonchev–Trinajstić information content (AvgIpc) is 3.01. The Kier molecular flexibility index (Phi) is 34.5. The number of carbonyl (C=O) groups excluding carboxylic acids is 2. The lowest BCUT2D eigenvalue weighted by atomic mass is 10.0. The van der Waals surface area contributed by atoms with Crippen LogP contribution in [0.25, 0.3) is 0 Å². The number of hydrogen-bond acceptors (Lipinski definition) is 5. The summed E-state index contributed by atoms with van der Waals surface area (Å²) in [7, 11) is 0. The van der Waals surface area contributed by atoms with Crippen LogP contribution in [0.15, 0.2) is 0 Å². The van der Waals surface area contributed by atoms with Crippen molar-refractivity contribution in [2.45, 2.75) is 219 Å². The van der Waals surface area contributed by atoms with Gasteiger partial charge >= 0.3 is 11.9 Å². The topological polar surface area (TPSA) is 72.8 Å². The second-order valence-electron chi connectivity index (χ2n) is 13.0. The molecule has 0 saturated heterocycles. The smallest absolute Gasteiger partial charge is 0.306 e. The van der Waals surface area contributed by atoms with Gasteiger partial charge in [-0.05, 0) is 12.8 Å². The third kappa shape index (κ3) is 33.6. The highest BCUT2D eigenvalue weighted by atomic mass is 16.6. The van der Waals surface area contributed by atoms with E-state index in [1.165, 1.54) is 154 Å². The van der Waals surface area contributed by atoms with E-state index in [1.54, 1.807) is 0 Å². The summed E-state index contributed by atoms with van der Waals surface area (Å²) < 4.78 is 10.6. The van der Waals surface area contributed by atoms with Gasteiger partial charge in [-0.2, -0.15) is 0 Å². The molecule has 0 aromatic carbocycles. The Morgan fingerprint density at radius 1 is 0.442 bits per heavy atom. The maximum Gasteiger partial charge on any atom is 0.306 e. The molecule has 0 aromatic rings. The van der Waals surface area contributed by atoms with E-state index in [9.17, 15) is 14.7 Å². The Morgan fingerprint density at radius 2 is 0.721 bits per heavy atom. The fourth-order valence-electron chi connectivity index (χ4n) is 5.73. The van der Waals surface area contributed by atoms with Crippen molar-refractivity contribution in [1.82, 2.24) is 0 Å². The lowest BCUT2D eigenvalue weighted by Gasteiger charge is -2.15. The minimum Gasteiger partial charge on any atom is -0.462 e. The predicted octanol–water partition coefficient (Wildman–Crippen LogP) is 11.6.